The minimum Gasteiger partial charge on any atom is -0.488 e. The molecular formula is C28H18ClNO3. The molecule has 6 rings (SSSR count). The predicted octanol–water partition coefficient (Wildman–Crippen LogP) is 7.25. The molecule has 33 heavy (non-hydrogen) atoms. The van der Waals surface area contributed by atoms with Crippen LogP contribution >= 0.6 is 11.6 Å². The maximum atomic E-state index is 13.5. The van der Waals surface area contributed by atoms with E-state index in [1.165, 1.54) is 0 Å². The molecule has 160 valence electrons. The van der Waals surface area contributed by atoms with Crippen molar-refractivity contribution in [3.63, 3.8) is 0 Å². The van der Waals surface area contributed by atoms with Crippen molar-refractivity contribution in [2.45, 2.75) is 13.5 Å². The van der Waals surface area contributed by atoms with Crippen LogP contribution in [0.25, 0.3) is 33.5 Å². The van der Waals surface area contributed by atoms with Crippen LogP contribution in [-0.4, -0.2) is 10.8 Å². The van der Waals surface area contributed by atoms with E-state index in [1.54, 1.807) is 18.2 Å². The molecule has 0 unspecified atom stereocenters. The normalized spacial score (nSPS) is 12.2. The number of furan rings is 1. The minimum absolute atomic E-state index is 0.175. The van der Waals surface area contributed by atoms with Gasteiger partial charge in [-0.25, -0.2) is 4.98 Å². The highest BCUT2D eigenvalue weighted by atomic mass is 35.5. The van der Waals surface area contributed by atoms with Gasteiger partial charge >= 0.3 is 0 Å². The molecule has 5 aromatic rings. The van der Waals surface area contributed by atoms with Crippen molar-refractivity contribution in [1.29, 1.82) is 0 Å². The highest BCUT2D eigenvalue weighted by molar-refractivity contribution is 6.31. The van der Waals surface area contributed by atoms with Crippen molar-refractivity contribution in [2.24, 2.45) is 0 Å². The summed E-state index contributed by atoms with van der Waals surface area (Å²) in [5.41, 5.74) is 6.27. The van der Waals surface area contributed by atoms with Gasteiger partial charge in [-0.2, -0.15) is 0 Å². The van der Waals surface area contributed by atoms with Crippen LogP contribution in [0, 0.1) is 6.92 Å². The number of rotatable bonds is 3. The summed E-state index contributed by atoms with van der Waals surface area (Å²) in [6, 6.07) is 24.5. The van der Waals surface area contributed by atoms with Gasteiger partial charge in [-0.15, -0.1) is 0 Å². The molecule has 0 saturated heterocycles. The summed E-state index contributed by atoms with van der Waals surface area (Å²) < 4.78 is 12.0. The molecule has 0 fully saturated rings. The van der Waals surface area contributed by atoms with E-state index in [0.29, 0.717) is 34.0 Å². The second kappa shape index (κ2) is 7.61. The molecule has 0 saturated carbocycles. The van der Waals surface area contributed by atoms with Crippen LogP contribution in [-0.2, 0) is 6.61 Å². The standard InChI is InChI=1S/C28H18ClNO3/c1-16-7-11-24-20(13-16)25(28(33-24)27(31)17-5-3-2-4-6-17)22-10-8-18-15-32-23-12-9-19(29)14-21(23)26(18)30-22/h2-14H,15H2,1H3. The lowest BCUT2D eigenvalue weighted by Gasteiger charge is -2.20. The van der Waals surface area contributed by atoms with Crippen LogP contribution in [0.1, 0.15) is 27.2 Å². The summed E-state index contributed by atoms with van der Waals surface area (Å²) in [5, 5.41) is 1.47. The molecule has 3 aromatic carbocycles. The van der Waals surface area contributed by atoms with Gasteiger partial charge in [0.1, 0.15) is 17.9 Å². The number of nitrogens with zero attached hydrogens (tertiary/aromatic N) is 1. The summed E-state index contributed by atoms with van der Waals surface area (Å²) in [5.74, 6) is 0.850. The summed E-state index contributed by atoms with van der Waals surface area (Å²) in [6.45, 7) is 2.45. The van der Waals surface area contributed by atoms with Gasteiger partial charge in [0, 0.05) is 27.1 Å². The van der Waals surface area contributed by atoms with E-state index in [2.05, 4.69) is 0 Å². The average Bonchev–Trinajstić information content (AvgIpc) is 3.22. The van der Waals surface area contributed by atoms with Gasteiger partial charge < -0.3 is 9.15 Å². The molecule has 3 heterocycles. The van der Waals surface area contributed by atoms with Gasteiger partial charge in [0.15, 0.2) is 5.76 Å². The Hall–Kier alpha value is -3.89. The number of pyridine rings is 1. The Bertz CT molecular complexity index is 1550. The number of aryl methyl sites for hydroxylation is 1. The monoisotopic (exact) mass is 451 g/mol. The van der Waals surface area contributed by atoms with E-state index in [-0.39, 0.29) is 11.5 Å². The van der Waals surface area contributed by atoms with Crippen molar-refractivity contribution < 1.29 is 13.9 Å². The van der Waals surface area contributed by atoms with Crippen molar-refractivity contribution >= 4 is 28.4 Å². The van der Waals surface area contributed by atoms with Crippen molar-refractivity contribution in [3.8, 4) is 28.3 Å². The second-order valence-electron chi connectivity index (χ2n) is 8.13. The molecule has 0 atom stereocenters. The van der Waals surface area contributed by atoms with E-state index in [9.17, 15) is 4.79 Å². The van der Waals surface area contributed by atoms with E-state index in [4.69, 9.17) is 25.7 Å². The first-order chi connectivity index (χ1) is 16.1. The third kappa shape index (κ3) is 3.31. The van der Waals surface area contributed by atoms with Crippen molar-refractivity contribution in [3.05, 3.63) is 106 Å². The van der Waals surface area contributed by atoms with E-state index in [1.807, 2.05) is 67.6 Å². The van der Waals surface area contributed by atoms with Gasteiger partial charge in [-0.05, 0) is 43.3 Å². The molecule has 2 aromatic heterocycles. The zero-order valence-corrected chi connectivity index (χ0v) is 18.5. The highest BCUT2D eigenvalue weighted by Crippen LogP contribution is 2.41. The van der Waals surface area contributed by atoms with Crippen LogP contribution < -0.4 is 4.74 Å². The summed E-state index contributed by atoms with van der Waals surface area (Å²) >= 11 is 6.27. The Morgan fingerprint density at radius 2 is 1.82 bits per heavy atom. The smallest absolute Gasteiger partial charge is 0.228 e. The maximum absolute atomic E-state index is 13.5. The Labute approximate surface area is 195 Å². The molecule has 0 spiro atoms. The molecule has 1 aliphatic heterocycles. The maximum Gasteiger partial charge on any atom is 0.228 e. The first-order valence-electron chi connectivity index (χ1n) is 10.6. The lowest BCUT2D eigenvalue weighted by atomic mass is 9.97. The summed E-state index contributed by atoms with van der Waals surface area (Å²) in [7, 11) is 0. The third-order valence-electron chi connectivity index (χ3n) is 5.90. The van der Waals surface area contributed by atoms with Crippen LogP contribution in [0.5, 0.6) is 5.75 Å². The topological polar surface area (TPSA) is 52.3 Å². The summed E-state index contributed by atoms with van der Waals surface area (Å²) in [6.07, 6.45) is 0. The summed E-state index contributed by atoms with van der Waals surface area (Å²) in [4.78, 5) is 18.5. The zero-order chi connectivity index (χ0) is 22.5. The number of benzene rings is 3. The Morgan fingerprint density at radius 3 is 2.67 bits per heavy atom. The molecule has 4 nitrogen and oxygen atoms in total. The van der Waals surface area contributed by atoms with E-state index in [0.717, 1.165) is 33.5 Å². The molecule has 0 bridgehead atoms. The number of ether oxygens (including phenoxy) is 1. The zero-order valence-electron chi connectivity index (χ0n) is 17.8. The van der Waals surface area contributed by atoms with Gasteiger partial charge in [0.05, 0.1) is 17.0 Å². The third-order valence-corrected chi connectivity index (χ3v) is 6.14. The average molecular weight is 452 g/mol. The fourth-order valence-corrected chi connectivity index (χ4v) is 4.46. The number of fused-ring (bicyclic) bond motifs is 4. The van der Waals surface area contributed by atoms with Crippen LogP contribution in [0.3, 0.4) is 0 Å². The van der Waals surface area contributed by atoms with Gasteiger partial charge in [-0.1, -0.05) is 59.6 Å². The molecule has 0 amide bonds. The van der Waals surface area contributed by atoms with Gasteiger partial charge in [-0.3, -0.25) is 4.79 Å². The molecular weight excluding hydrogens is 434 g/mol. The molecule has 0 aliphatic carbocycles. The molecule has 0 radical (unpaired) electrons. The van der Waals surface area contributed by atoms with Crippen LogP contribution in [0.15, 0.2) is 83.3 Å². The van der Waals surface area contributed by atoms with Crippen molar-refractivity contribution in [2.75, 3.05) is 0 Å². The second-order valence-corrected chi connectivity index (χ2v) is 8.57. The predicted molar refractivity (Wildman–Crippen MR) is 129 cm³/mol. The Morgan fingerprint density at radius 1 is 0.970 bits per heavy atom. The number of carbonyl (C=O) groups is 1. The highest BCUT2D eigenvalue weighted by Gasteiger charge is 2.26. The quantitative estimate of drug-likeness (QED) is 0.271. The van der Waals surface area contributed by atoms with Gasteiger partial charge in [0.2, 0.25) is 5.78 Å². The lowest BCUT2D eigenvalue weighted by Crippen LogP contribution is -2.08. The number of aromatic nitrogens is 1. The fourth-order valence-electron chi connectivity index (χ4n) is 4.29. The van der Waals surface area contributed by atoms with Crippen LogP contribution in [0.4, 0.5) is 0 Å². The van der Waals surface area contributed by atoms with E-state index >= 15 is 0 Å². The lowest BCUT2D eigenvalue weighted by molar-refractivity contribution is 0.101. The Balaban J connectivity index is 1.60. The Kier molecular flexibility index (Phi) is 4.56. The largest absolute Gasteiger partial charge is 0.488 e. The molecule has 5 heteroatoms. The number of carbonyl (C=O) groups excluding carboxylic acids is 1. The number of ketones is 1. The van der Waals surface area contributed by atoms with Crippen molar-refractivity contribution in [1.82, 2.24) is 4.98 Å². The minimum atomic E-state index is -0.175. The van der Waals surface area contributed by atoms with Gasteiger partial charge in [0.25, 0.3) is 0 Å². The number of hydrogen-bond donors (Lipinski definition) is 0. The fraction of sp³-hybridized carbons (Fsp3) is 0.0714. The number of halogens is 1. The van der Waals surface area contributed by atoms with Crippen LogP contribution in [0.2, 0.25) is 5.02 Å². The first-order valence-corrected chi connectivity index (χ1v) is 11.0. The van der Waals surface area contributed by atoms with E-state index < -0.39 is 0 Å². The molecule has 0 N–H and O–H groups in total. The first kappa shape index (κ1) is 19.8. The molecule has 1 aliphatic rings. The SMILES string of the molecule is Cc1ccc2oc(C(=O)c3ccccc3)c(-c3ccc4c(n3)-c3cc(Cl)ccc3OC4)c2c1. The number of hydrogen-bond acceptors (Lipinski definition) is 4.